The van der Waals surface area contributed by atoms with Crippen molar-refractivity contribution in [2.24, 2.45) is 22.4 Å². The van der Waals surface area contributed by atoms with E-state index in [0.29, 0.717) is 38.2 Å². The van der Waals surface area contributed by atoms with Crippen LogP contribution in [0.3, 0.4) is 0 Å². The van der Waals surface area contributed by atoms with Crippen molar-refractivity contribution in [2.75, 3.05) is 18.5 Å². The molecular formula is C36H50N6O4. The quantitative estimate of drug-likeness (QED) is 0.0668. The Kier molecular flexibility index (Phi) is 13.7. The van der Waals surface area contributed by atoms with Crippen molar-refractivity contribution >= 4 is 34.8 Å². The summed E-state index contributed by atoms with van der Waals surface area (Å²) in [5.41, 5.74) is 14.5. The van der Waals surface area contributed by atoms with Gasteiger partial charge < -0.3 is 42.1 Å². The topological polar surface area (TPSA) is 179 Å². The molecule has 0 saturated carbocycles. The van der Waals surface area contributed by atoms with E-state index in [-0.39, 0.29) is 36.6 Å². The highest BCUT2D eigenvalue weighted by Crippen LogP contribution is 2.33. The minimum Gasteiger partial charge on any atom is -0.478 e. The predicted octanol–water partition coefficient (Wildman–Crippen LogP) is 5.07. The molecule has 2 heterocycles. The number of hydrogen-bond acceptors (Lipinski definition) is 8. The van der Waals surface area contributed by atoms with Gasteiger partial charge >= 0.3 is 5.97 Å². The molecule has 10 nitrogen and oxygen atoms in total. The number of aldehydes is 1. The van der Waals surface area contributed by atoms with Crippen LogP contribution >= 0.6 is 0 Å². The molecule has 1 aliphatic heterocycles. The van der Waals surface area contributed by atoms with Gasteiger partial charge in [-0.15, -0.1) is 0 Å². The summed E-state index contributed by atoms with van der Waals surface area (Å²) in [5, 5.41) is 28.1. The van der Waals surface area contributed by atoms with E-state index in [1.807, 2.05) is 24.4 Å². The fourth-order valence-electron chi connectivity index (χ4n) is 6.52. The lowest BCUT2D eigenvalue weighted by Crippen LogP contribution is -2.48. The molecule has 1 aromatic heterocycles. The van der Waals surface area contributed by atoms with Gasteiger partial charge in [-0.25, -0.2) is 4.79 Å². The maximum Gasteiger partial charge on any atom is 0.328 e. The zero-order valence-corrected chi connectivity index (χ0v) is 26.6. The van der Waals surface area contributed by atoms with Crippen molar-refractivity contribution in [3.8, 4) is 0 Å². The summed E-state index contributed by atoms with van der Waals surface area (Å²) in [7, 11) is 0. The maximum absolute atomic E-state index is 12.1. The Bertz CT molecular complexity index is 1440. The Morgan fingerprint density at radius 1 is 1.00 bits per heavy atom. The molecule has 0 saturated heterocycles. The number of fused-ring (bicyclic) bond motifs is 1. The highest BCUT2D eigenvalue weighted by atomic mass is 16.4. The van der Waals surface area contributed by atoms with Crippen LogP contribution in [0.2, 0.25) is 0 Å². The van der Waals surface area contributed by atoms with Crippen LogP contribution < -0.4 is 22.1 Å². The molecule has 4 rings (SSSR count). The highest BCUT2D eigenvalue weighted by molar-refractivity contribution is 5.84. The van der Waals surface area contributed by atoms with Gasteiger partial charge in [0.1, 0.15) is 12.1 Å². The Balaban J connectivity index is 1.51. The third-order valence-electron chi connectivity index (χ3n) is 9.05. The van der Waals surface area contributed by atoms with Gasteiger partial charge in [-0.3, -0.25) is 4.99 Å². The summed E-state index contributed by atoms with van der Waals surface area (Å²) in [6.45, 7) is 0.631. The van der Waals surface area contributed by atoms with Crippen molar-refractivity contribution in [3.05, 3.63) is 78.0 Å². The molecule has 0 spiro atoms. The summed E-state index contributed by atoms with van der Waals surface area (Å²) in [6.07, 6.45) is 11.9. The number of aliphatic imine (C=N–C) groups is 1. The number of nitrogens with one attached hydrogen (secondary N) is 3. The number of aliphatic hydroxyl groups is 1. The Hall–Kier alpha value is -4.15. The van der Waals surface area contributed by atoms with Gasteiger partial charge in [0.15, 0.2) is 5.96 Å². The minimum atomic E-state index is -0.996. The number of carbonyl (C=O) groups is 2. The molecule has 9 N–H and O–H groups in total. The van der Waals surface area contributed by atoms with Crippen LogP contribution in [-0.2, 0) is 9.59 Å². The summed E-state index contributed by atoms with van der Waals surface area (Å²) >= 11 is 0. The van der Waals surface area contributed by atoms with Crippen LogP contribution in [0.25, 0.3) is 10.8 Å². The number of hydrogen-bond donors (Lipinski definition) is 7. The molecule has 10 heteroatoms. The van der Waals surface area contributed by atoms with E-state index >= 15 is 0 Å². The van der Waals surface area contributed by atoms with E-state index in [4.69, 9.17) is 16.6 Å². The van der Waals surface area contributed by atoms with Crippen molar-refractivity contribution in [2.45, 2.75) is 88.3 Å². The molecule has 0 amide bonds. The first kappa shape index (κ1) is 34.7. The number of rotatable bonds is 20. The number of aliphatic carboxylic acids is 1. The molecule has 5 atom stereocenters. The van der Waals surface area contributed by atoms with Crippen LogP contribution in [0.15, 0.2) is 77.4 Å². The number of benzene rings is 2. The number of carboxylic acid groups (broad SMARTS) is 1. The lowest BCUT2D eigenvalue weighted by Gasteiger charge is -2.32. The fourth-order valence-corrected chi connectivity index (χ4v) is 6.52. The molecule has 2 aromatic carbocycles. The number of anilines is 1. The third kappa shape index (κ3) is 10.7. The molecule has 3 aromatic rings. The number of aromatic nitrogens is 1. The second kappa shape index (κ2) is 18.1. The molecular weight excluding hydrogens is 580 g/mol. The Labute approximate surface area is 271 Å². The summed E-state index contributed by atoms with van der Waals surface area (Å²) in [6, 6.07) is 18.4. The molecule has 0 radical (unpaired) electrons. The van der Waals surface area contributed by atoms with E-state index in [9.17, 15) is 14.7 Å². The minimum absolute atomic E-state index is 0.00530. The van der Waals surface area contributed by atoms with Gasteiger partial charge in [-0.05, 0) is 97.7 Å². The number of H-pyrrole nitrogens is 1. The smallest absolute Gasteiger partial charge is 0.328 e. The first-order valence-electron chi connectivity index (χ1n) is 16.6. The first-order chi connectivity index (χ1) is 22.4. The standard InChI is InChI=1S/C36H50N6O4/c37-30(16-12-25(24-44)6-5-21-43)10-3-9-27(29-14-13-26-7-1-2-8-28(26)22-29)15-17-32(41-34-11-4-19-39-34)31(23-35(45)46)33-18-20-40-36(38)42-33/h1-2,4,7-8,11,13-14,19,22-25,27,30,32-33,39,41,43H,3,5-6,9-10,12,15-18,20-21,37H2,(H,45,46)(H3,38,40,42)/b31-23-/t25-,27-,30-,32-,33-/m1/s1. The number of aliphatic hydroxyl groups excluding tert-OH is 1. The van der Waals surface area contributed by atoms with Crippen molar-refractivity contribution in [1.29, 1.82) is 0 Å². The fraction of sp³-hybridized carbons (Fsp3) is 0.472. The molecule has 46 heavy (non-hydrogen) atoms. The third-order valence-corrected chi connectivity index (χ3v) is 9.05. The summed E-state index contributed by atoms with van der Waals surface area (Å²) < 4.78 is 0. The van der Waals surface area contributed by atoms with Crippen LogP contribution in [0, 0.1) is 5.92 Å². The predicted molar refractivity (Wildman–Crippen MR) is 185 cm³/mol. The van der Waals surface area contributed by atoms with Gasteiger partial charge in [-0.2, -0.15) is 0 Å². The number of nitrogens with zero attached hydrogens (tertiary/aromatic N) is 1. The molecule has 0 fully saturated rings. The highest BCUT2D eigenvalue weighted by Gasteiger charge is 2.28. The van der Waals surface area contributed by atoms with E-state index in [1.54, 1.807) is 0 Å². The van der Waals surface area contributed by atoms with Gasteiger partial charge in [0, 0.05) is 37.4 Å². The first-order valence-corrected chi connectivity index (χ1v) is 16.6. The van der Waals surface area contributed by atoms with Gasteiger partial charge in [0.05, 0.1) is 12.1 Å². The Morgan fingerprint density at radius 2 is 1.83 bits per heavy atom. The average Bonchev–Trinajstić information content (AvgIpc) is 3.57. The normalized spacial score (nSPS) is 17.8. The number of aromatic amines is 1. The van der Waals surface area contributed by atoms with Crippen molar-refractivity contribution in [3.63, 3.8) is 0 Å². The number of nitrogens with two attached hydrogens (primary N) is 2. The van der Waals surface area contributed by atoms with E-state index < -0.39 is 5.97 Å². The van der Waals surface area contributed by atoms with Crippen molar-refractivity contribution < 1.29 is 19.8 Å². The molecule has 0 unspecified atom stereocenters. The zero-order chi connectivity index (χ0) is 32.7. The van der Waals surface area contributed by atoms with Gasteiger partial charge in [0.25, 0.3) is 0 Å². The van der Waals surface area contributed by atoms with E-state index in [2.05, 4.69) is 57.0 Å². The van der Waals surface area contributed by atoms with E-state index in [0.717, 1.165) is 56.2 Å². The van der Waals surface area contributed by atoms with Gasteiger partial charge in [0.2, 0.25) is 0 Å². The number of carbonyl (C=O) groups excluding carboxylic acids is 1. The van der Waals surface area contributed by atoms with E-state index in [1.165, 1.54) is 22.4 Å². The number of carboxylic acids is 1. The summed E-state index contributed by atoms with van der Waals surface area (Å²) in [4.78, 5) is 31.0. The van der Waals surface area contributed by atoms with Crippen LogP contribution in [0.4, 0.5) is 5.82 Å². The zero-order valence-electron chi connectivity index (χ0n) is 26.6. The molecule has 0 bridgehead atoms. The largest absolute Gasteiger partial charge is 0.478 e. The monoisotopic (exact) mass is 630 g/mol. The maximum atomic E-state index is 12.1. The lowest BCUT2D eigenvalue weighted by atomic mass is 9.84. The Morgan fingerprint density at radius 3 is 2.54 bits per heavy atom. The lowest BCUT2D eigenvalue weighted by molar-refractivity contribution is -0.131. The van der Waals surface area contributed by atoms with Crippen LogP contribution in [0.1, 0.15) is 75.7 Å². The average molecular weight is 631 g/mol. The molecule has 0 aliphatic carbocycles. The summed E-state index contributed by atoms with van der Waals surface area (Å²) in [5.74, 6) is 0.323. The number of guanidine groups is 1. The van der Waals surface area contributed by atoms with Crippen molar-refractivity contribution in [1.82, 2.24) is 10.3 Å². The molecule has 248 valence electrons. The van der Waals surface area contributed by atoms with Gasteiger partial charge in [-0.1, -0.05) is 48.9 Å². The second-order valence-electron chi connectivity index (χ2n) is 12.4. The van der Waals surface area contributed by atoms with Crippen LogP contribution in [-0.4, -0.2) is 64.7 Å². The van der Waals surface area contributed by atoms with Crippen LogP contribution in [0.5, 0.6) is 0 Å². The second-order valence-corrected chi connectivity index (χ2v) is 12.4. The molecule has 1 aliphatic rings. The SMILES string of the molecule is NC1=NCC[C@H](/C(=C\C(=O)O)[C@@H](CC[C@@H](CCC[C@@H](N)CC[C@H](C=O)CCCO)c2ccc3ccccc3c2)Nc2ccc[nH]2)N1.